The minimum Gasteiger partial charge on any atom is -0.462 e. The summed E-state index contributed by atoms with van der Waals surface area (Å²) in [6, 6.07) is 6.71. The highest BCUT2D eigenvalue weighted by atomic mass is 16.5. The van der Waals surface area contributed by atoms with Crippen LogP contribution in [-0.2, 0) is 9.47 Å². The van der Waals surface area contributed by atoms with E-state index < -0.39 is 0 Å². The van der Waals surface area contributed by atoms with E-state index >= 15 is 0 Å². The predicted molar refractivity (Wildman–Crippen MR) is 125 cm³/mol. The molecule has 31 heavy (non-hydrogen) atoms. The molecular formula is C27H42O4. The van der Waals surface area contributed by atoms with Crippen molar-refractivity contribution >= 4 is 11.9 Å². The molecule has 0 heterocycles. The highest BCUT2D eigenvalue weighted by Crippen LogP contribution is 2.38. The second-order valence-electron chi connectivity index (χ2n) is 10.1. The van der Waals surface area contributed by atoms with Gasteiger partial charge in [0.15, 0.2) is 0 Å². The van der Waals surface area contributed by atoms with Gasteiger partial charge in [0.1, 0.15) is 6.10 Å². The van der Waals surface area contributed by atoms with Crippen molar-refractivity contribution in [3.63, 3.8) is 0 Å². The van der Waals surface area contributed by atoms with Crippen LogP contribution in [0.25, 0.3) is 0 Å². The molecular weight excluding hydrogens is 388 g/mol. The van der Waals surface area contributed by atoms with Crippen LogP contribution in [0.2, 0.25) is 0 Å². The molecule has 0 aliphatic heterocycles. The summed E-state index contributed by atoms with van der Waals surface area (Å²) >= 11 is 0. The number of unbranched alkanes of at least 4 members (excludes halogenated alkanes) is 6. The van der Waals surface area contributed by atoms with Crippen LogP contribution in [0.3, 0.4) is 0 Å². The average Bonchev–Trinajstić information content (AvgIpc) is 2.75. The molecule has 1 saturated carbocycles. The van der Waals surface area contributed by atoms with Crippen molar-refractivity contribution in [2.45, 2.75) is 104 Å². The summed E-state index contributed by atoms with van der Waals surface area (Å²) in [5, 5.41) is 0. The van der Waals surface area contributed by atoms with E-state index in [1.165, 1.54) is 32.1 Å². The first-order valence-electron chi connectivity index (χ1n) is 12.3. The molecule has 2 rings (SSSR count). The zero-order valence-corrected chi connectivity index (χ0v) is 20.1. The molecule has 4 heteroatoms. The summed E-state index contributed by atoms with van der Waals surface area (Å²) in [6.45, 7) is 9.48. The number of carbonyl (C=O) groups is 2. The molecule has 1 aromatic carbocycles. The van der Waals surface area contributed by atoms with E-state index in [9.17, 15) is 9.59 Å². The minimum atomic E-state index is -0.369. The SMILES string of the molecule is CCCCCCCCCOC(=O)c1cccc(C(=O)OC2CCC(C(C)(C)C)CC2)c1. The third-order valence-corrected chi connectivity index (χ3v) is 6.49. The number of hydrogen-bond donors (Lipinski definition) is 0. The van der Waals surface area contributed by atoms with Gasteiger partial charge in [-0.05, 0) is 61.6 Å². The average molecular weight is 431 g/mol. The Morgan fingerprint density at radius 2 is 1.45 bits per heavy atom. The van der Waals surface area contributed by atoms with Crippen molar-refractivity contribution in [1.82, 2.24) is 0 Å². The van der Waals surface area contributed by atoms with Crippen LogP contribution in [0.4, 0.5) is 0 Å². The van der Waals surface area contributed by atoms with E-state index in [0.717, 1.165) is 38.5 Å². The topological polar surface area (TPSA) is 52.6 Å². The van der Waals surface area contributed by atoms with Gasteiger partial charge in [0.2, 0.25) is 0 Å². The zero-order valence-electron chi connectivity index (χ0n) is 20.1. The summed E-state index contributed by atoms with van der Waals surface area (Å²) in [4.78, 5) is 24.9. The molecule has 0 unspecified atom stereocenters. The lowest BCUT2D eigenvalue weighted by atomic mass is 9.72. The first-order chi connectivity index (χ1) is 14.8. The van der Waals surface area contributed by atoms with Gasteiger partial charge in [0.05, 0.1) is 17.7 Å². The maximum Gasteiger partial charge on any atom is 0.338 e. The van der Waals surface area contributed by atoms with E-state index in [4.69, 9.17) is 9.47 Å². The van der Waals surface area contributed by atoms with Gasteiger partial charge in [0, 0.05) is 0 Å². The Morgan fingerprint density at radius 1 is 0.871 bits per heavy atom. The summed E-state index contributed by atoms with van der Waals surface area (Å²) in [7, 11) is 0. The molecule has 0 amide bonds. The molecule has 1 aliphatic carbocycles. The number of esters is 2. The quantitative estimate of drug-likeness (QED) is 0.272. The maximum atomic E-state index is 12.6. The van der Waals surface area contributed by atoms with Gasteiger partial charge in [-0.25, -0.2) is 9.59 Å². The van der Waals surface area contributed by atoms with Crippen LogP contribution in [-0.4, -0.2) is 24.6 Å². The van der Waals surface area contributed by atoms with Crippen molar-refractivity contribution in [2.24, 2.45) is 11.3 Å². The molecule has 4 nitrogen and oxygen atoms in total. The highest BCUT2D eigenvalue weighted by Gasteiger charge is 2.31. The fraction of sp³-hybridized carbons (Fsp3) is 0.704. The van der Waals surface area contributed by atoms with Crippen LogP contribution in [0.15, 0.2) is 24.3 Å². The normalized spacial score (nSPS) is 19.1. The van der Waals surface area contributed by atoms with Gasteiger partial charge < -0.3 is 9.47 Å². The van der Waals surface area contributed by atoms with Crippen LogP contribution < -0.4 is 0 Å². The van der Waals surface area contributed by atoms with E-state index in [2.05, 4.69) is 27.7 Å². The van der Waals surface area contributed by atoms with Gasteiger partial charge in [0.25, 0.3) is 0 Å². The van der Waals surface area contributed by atoms with Crippen molar-refractivity contribution in [2.75, 3.05) is 6.61 Å². The molecule has 0 N–H and O–H groups in total. The summed E-state index contributed by atoms with van der Waals surface area (Å²) < 4.78 is 11.1. The highest BCUT2D eigenvalue weighted by molar-refractivity contribution is 5.95. The molecule has 0 atom stereocenters. The number of ether oxygens (including phenoxy) is 2. The van der Waals surface area contributed by atoms with E-state index in [-0.39, 0.29) is 18.0 Å². The second kappa shape index (κ2) is 12.9. The Balaban J connectivity index is 1.74. The molecule has 0 aromatic heterocycles. The van der Waals surface area contributed by atoms with Crippen molar-refractivity contribution in [3.8, 4) is 0 Å². The standard InChI is InChI=1S/C27H42O4/c1-5-6-7-8-9-10-11-19-30-25(28)21-13-12-14-22(20-21)26(29)31-24-17-15-23(16-18-24)27(2,3)4/h12-14,20,23-24H,5-11,15-19H2,1-4H3. The molecule has 0 bridgehead atoms. The Labute approximate surface area is 189 Å². The second-order valence-corrected chi connectivity index (χ2v) is 10.1. The lowest BCUT2D eigenvalue weighted by molar-refractivity contribution is 0.00929. The number of hydrogen-bond acceptors (Lipinski definition) is 4. The van der Waals surface area contributed by atoms with Gasteiger partial charge in [-0.1, -0.05) is 72.3 Å². The Kier molecular flexibility index (Phi) is 10.6. The van der Waals surface area contributed by atoms with E-state index in [1.54, 1.807) is 24.3 Å². The Bertz CT molecular complexity index is 681. The maximum absolute atomic E-state index is 12.6. The van der Waals surface area contributed by atoms with Gasteiger partial charge in [-0.15, -0.1) is 0 Å². The minimum absolute atomic E-state index is 0.0287. The fourth-order valence-electron chi connectivity index (χ4n) is 4.35. The van der Waals surface area contributed by atoms with Crippen molar-refractivity contribution in [1.29, 1.82) is 0 Å². The lowest BCUT2D eigenvalue weighted by Gasteiger charge is -2.36. The number of benzene rings is 1. The molecule has 0 saturated heterocycles. The third kappa shape index (κ3) is 9.04. The van der Waals surface area contributed by atoms with Crippen LogP contribution in [0.5, 0.6) is 0 Å². The molecule has 174 valence electrons. The van der Waals surface area contributed by atoms with Crippen LogP contribution in [0.1, 0.15) is 119 Å². The van der Waals surface area contributed by atoms with Crippen molar-refractivity contribution in [3.05, 3.63) is 35.4 Å². The summed E-state index contributed by atoms with van der Waals surface area (Å²) in [5.74, 6) is -0.0378. The van der Waals surface area contributed by atoms with Crippen LogP contribution in [0, 0.1) is 11.3 Å². The van der Waals surface area contributed by atoms with E-state index in [0.29, 0.717) is 29.1 Å². The van der Waals surface area contributed by atoms with E-state index in [1.807, 2.05) is 0 Å². The van der Waals surface area contributed by atoms with Crippen LogP contribution >= 0.6 is 0 Å². The number of carbonyl (C=O) groups excluding carboxylic acids is 2. The monoisotopic (exact) mass is 430 g/mol. The first-order valence-corrected chi connectivity index (χ1v) is 12.3. The van der Waals surface area contributed by atoms with Gasteiger partial charge >= 0.3 is 11.9 Å². The summed E-state index contributed by atoms with van der Waals surface area (Å²) in [5.41, 5.74) is 1.13. The number of rotatable bonds is 11. The smallest absolute Gasteiger partial charge is 0.338 e. The predicted octanol–water partition coefficient (Wildman–Crippen LogP) is 7.36. The lowest BCUT2D eigenvalue weighted by Crippen LogP contribution is -2.30. The third-order valence-electron chi connectivity index (χ3n) is 6.49. The first kappa shape index (κ1) is 25.4. The fourth-order valence-corrected chi connectivity index (χ4v) is 4.35. The molecule has 1 aliphatic rings. The Morgan fingerprint density at radius 3 is 2.06 bits per heavy atom. The molecule has 0 radical (unpaired) electrons. The van der Waals surface area contributed by atoms with Crippen molar-refractivity contribution < 1.29 is 19.1 Å². The molecule has 1 aromatic rings. The zero-order chi connectivity index (χ0) is 22.7. The molecule has 1 fully saturated rings. The molecule has 0 spiro atoms. The Hall–Kier alpha value is -1.84. The van der Waals surface area contributed by atoms with Gasteiger partial charge in [-0.2, -0.15) is 0 Å². The summed E-state index contributed by atoms with van der Waals surface area (Å²) in [6.07, 6.45) is 12.2. The van der Waals surface area contributed by atoms with Gasteiger partial charge in [-0.3, -0.25) is 0 Å². The largest absolute Gasteiger partial charge is 0.462 e.